The number of carbonyl (C=O) groups excluding carboxylic acids is 1. The molecule has 15 heteroatoms. The Bertz CT molecular complexity index is 1290. The van der Waals surface area contributed by atoms with E-state index >= 15 is 0 Å². The van der Waals surface area contributed by atoms with E-state index in [1.54, 1.807) is 30.5 Å². The third-order valence-corrected chi connectivity index (χ3v) is 6.26. The Labute approximate surface area is 199 Å². The summed E-state index contributed by atoms with van der Waals surface area (Å²) in [5.41, 5.74) is 13.8. The Morgan fingerprint density at radius 2 is 1.89 bits per heavy atom. The zero-order valence-electron chi connectivity index (χ0n) is 19.0. The third-order valence-electron chi connectivity index (χ3n) is 4.82. The van der Waals surface area contributed by atoms with Crippen molar-refractivity contribution >= 4 is 48.1 Å². The van der Waals surface area contributed by atoms with E-state index in [1.807, 2.05) is 11.9 Å². The van der Waals surface area contributed by atoms with Gasteiger partial charge in [-0.05, 0) is 31.2 Å². The van der Waals surface area contributed by atoms with Crippen LogP contribution in [0.4, 0.5) is 17.5 Å². The summed E-state index contributed by atoms with van der Waals surface area (Å²) >= 11 is 0. The summed E-state index contributed by atoms with van der Waals surface area (Å²) in [6.45, 7) is 1.37. The molecule has 0 aliphatic heterocycles. The van der Waals surface area contributed by atoms with E-state index in [2.05, 4.69) is 29.8 Å². The molecule has 0 spiro atoms. The summed E-state index contributed by atoms with van der Waals surface area (Å²) < 4.78 is 16.5. The number of amides is 1. The van der Waals surface area contributed by atoms with Gasteiger partial charge < -0.3 is 31.7 Å². The van der Waals surface area contributed by atoms with Crippen LogP contribution in [0.2, 0.25) is 0 Å². The molecule has 0 bridgehead atoms. The average molecular weight is 504 g/mol. The molecule has 7 N–H and O–H groups in total. The number of carboxylic acid groups (broad SMARTS) is 1. The maximum absolute atomic E-state index is 12.3. The molecule has 2 aromatic heterocycles. The summed E-state index contributed by atoms with van der Waals surface area (Å²) in [5.74, 6) is -1.66. The van der Waals surface area contributed by atoms with E-state index in [1.165, 1.54) is 0 Å². The molecule has 0 aliphatic rings. The minimum Gasteiger partial charge on any atom is -0.479 e. The standard InChI is InChI=1S/C20H25N8O6P/c1-11(19(30)31)34-35(32,33)8-7-23-18(29)12-3-5-14(6-4-12)28(2)10-13-9-24-17-15(25-13)16(21)26-20(22)27-17/h3-6,9,11H,7-8,10H2,1-2H3,(H,23,29)(H,30,31)(H,32,33)(H4,21,22,24,26,27)/t11-/m0/s1. The van der Waals surface area contributed by atoms with Crippen molar-refractivity contribution in [2.75, 3.05) is 36.1 Å². The molecule has 1 unspecified atom stereocenters. The van der Waals surface area contributed by atoms with Gasteiger partial charge in [0.2, 0.25) is 5.95 Å². The Kier molecular flexibility index (Phi) is 7.79. The highest BCUT2D eigenvalue weighted by molar-refractivity contribution is 7.52. The second-order valence-electron chi connectivity index (χ2n) is 7.61. The van der Waals surface area contributed by atoms with Crippen molar-refractivity contribution in [2.45, 2.75) is 19.6 Å². The van der Waals surface area contributed by atoms with Crippen molar-refractivity contribution in [1.29, 1.82) is 0 Å². The van der Waals surface area contributed by atoms with E-state index in [0.717, 1.165) is 12.6 Å². The fourth-order valence-electron chi connectivity index (χ4n) is 3.02. The maximum Gasteiger partial charge on any atom is 0.333 e. The van der Waals surface area contributed by atoms with Gasteiger partial charge in [0, 0.05) is 24.8 Å². The average Bonchev–Trinajstić information content (AvgIpc) is 2.79. The lowest BCUT2D eigenvalue weighted by Crippen LogP contribution is -2.27. The fourth-order valence-corrected chi connectivity index (χ4v) is 4.10. The van der Waals surface area contributed by atoms with Crippen LogP contribution in [0.25, 0.3) is 11.2 Å². The lowest BCUT2D eigenvalue weighted by molar-refractivity contribution is -0.144. The van der Waals surface area contributed by atoms with Gasteiger partial charge >= 0.3 is 13.6 Å². The van der Waals surface area contributed by atoms with Crippen LogP contribution < -0.4 is 21.7 Å². The molecule has 14 nitrogen and oxygen atoms in total. The van der Waals surface area contributed by atoms with Gasteiger partial charge in [0.1, 0.15) is 0 Å². The van der Waals surface area contributed by atoms with E-state index < -0.39 is 31.7 Å². The SMILES string of the molecule is C[C@H](OP(=O)(O)CCNC(=O)c1ccc(N(C)Cc2cnc3nc(N)nc(N)c3n2)cc1)C(=O)O. The molecule has 1 amide bonds. The summed E-state index contributed by atoms with van der Waals surface area (Å²) in [7, 11) is -2.33. The normalized spacial score (nSPS) is 13.7. The predicted octanol–water partition coefficient (Wildman–Crippen LogP) is 0.626. The van der Waals surface area contributed by atoms with Crippen LogP contribution in [-0.4, -0.2) is 67.7 Å². The molecule has 2 atom stereocenters. The van der Waals surface area contributed by atoms with E-state index in [4.69, 9.17) is 16.6 Å². The van der Waals surface area contributed by atoms with E-state index in [0.29, 0.717) is 29.0 Å². The van der Waals surface area contributed by atoms with Crippen molar-refractivity contribution in [3.63, 3.8) is 0 Å². The van der Waals surface area contributed by atoms with Crippen molar-refractivity contribution in [3.8, 4) is 0 Å². The number of hydrogen-bond donors (Lipinski definition) is 5. The summed E-state index contributed by atoms with van der Waals surface area (Å²) in [6, 6.07) is 6.67. The first-order valence-electron chi connectivity index (χ1n) is 10.3. The minimum absolute atomic E-state index is 0.0183. The second-order valence-corrected chi connectivity index (χ2v) is 9.54. The smallest absolute Gasteiger partial charge is 0.333 e. The Balaban J connectivity index is 1.57. The Morgan fingerprint density at radius 3 is 2.54 bits per heavy atom. The zero-order valence-corrected chi connectivity index (χ0v) is 19.8. The maximum atomic E-state index is 12.3. The zero-order chi connectivity index (χ0) is 25.8. The number of aliphatic carboxylic acids is 1. The number of anilines is 3. The van der Waals surface area contributed by atoms with Crippen molar-refractivity contribution in [3.05, 3.63) is 41.7 Å². The fraction of sp³-hybridized carbons (Fsp3) is 0.300. The van der Waals surface area contributed by atoms with Crippen LogP contribution in [0.15, 0.2) is 30.5 Å². The number of benzene rings is 1. The first-order chi connectivity index (χ1) is 16.4. The van der Waals surface area contributed by atoms with Crippen LogP contribution in [0.3, 0.4) is 0 Å². The molecule has 0 fully saturated rings. The van der Waals surface area contributed by atoms with Crippen LogP contribution >= 0.6 is 7.60 Å². The number of carboxylic acids is 1. The van der Waals surface area contributed by atoms with Gasteiger partial charge in [-0.3, -0.25) is 13.9 Å². The van der Waals surface area contributed by atoms with Gasteiger partial charge in [-0.2, -0.15) is 9.97 Å². The highest BCUT2D eigenvalue weighted by Gasteiger charge is 2.26. The first kappa shape index (κ1) is 25.7. The second kappa shape index (κ2) is 10.6. The number of fused-ring (bicyclic) bond motifs is 1. The lowest BCUT2D eigenvalue weighted by atomic mass is 10.2. The van der Waals surface area contributed by atoms with Crippen LogP contribution in [-0.2, 0) is 20.4 Å². The Morgan fingerprint density at radius 1 is 1.20 bits per heavy atom. The topological polar surface area (TPSA) is 220 Å². The van der Waals surface area contributed by atoms with Crippen LogP contribution in [0, 0.1) is 0 Å². The third kappa shape index (κ3) is 6.82. The molecule has 186 valence electrons. The molecule has 0 saturated heterocycles. The first-order valence-corrected chi connectivity index (χ1v) is 12.1. The summed E-state index contributed by atoms with van der Waals surface area (Å²) in [5, 5.41) is 11.3. The molecule has 0 aliphatic carbocycles. The minimum atomic E-state index is -4.16. The Hall–Kier alpha value is -3.87. The van der Waals surface area contributed by atoms with Crippen molar-refractivity contribution in [2.24, 2.45) is 0 Å². The number of nitrogens with two attached hydrogens (primary N) is 2. The van der Waals surface area contributed by atoms with Gasteiger partial charge in [-0.15, -0.1) is 0 Å². The summed E-state index contributed by atoms with van der Waals surface area (Å²) in [6.07, 6.45) is -0.296. The number of carbonyl (C=O) groups is 2. The molecule has 3 aromatic rings. The van der Waals surface area contributed by atoms with Crippen LogP contribution in [0.5, 0.6) is 0 Å². The highest BCUT2D eigenvalue weighted by atomic mass is 31.2. The van der Waals surface area contributed by atoms with Gasteiger partial charge in [0.25, 0.3) is 5.91 Å². The van der Waals surface area contributed by atoms with Gasteiger partial charge in [0.05, 0.1) is 24.6 Å². The number of rotatable bonds is 10. The molecule has 2 heterocycles. The van der Waals surface area contributed by atoms with Crippen LogP contribution in [0.1, 0.15) is 23.0 Å². The monoisotopic (exact) mass is 504 g/mol. The number of hydrogen-bond acceptors (Lipinski definition) is 11. The predicted molar refractivity (Wildman–Crippen MR) is 128 cm³/mol. The lowest BCUT2D eigenvalue weighted by Gasteiger charge is -2.19. The molecule has 0 radical (unpaired) electrons. The van der Waals surface area contributed by atoms with Crippen molar-refractivity contribution in [1.82, 2.24) is 25.3 Å². The number of nitrogens with zero attached hydrogens (tertiary/aromatic N) is 5. The van der Waals surface area contributed by atoms with Gasteiger partial charge in [-0.25, -0.2) is 14.8 Å². The molecule has 0 saturated carbocycles. The number of nitrogens with one attached hydrogen (secondary N) is 1. The number of nitrogen functional groups attached to an aromatic ring is 2. The highest BCUT2D eigenvalue weighted by Crippen LogP contribution is 2.42. The quantitative estimate of drug-likeness (QED) is 0.239. The molecular weight excluding hydrogens is 479 g/mol. The molecule has 35 heavy (non-hydrogen) atoms. The van der Waals surface area contributed by atoms with Crippen molar-refractivity contribution < 1.29 is 28.7 Å². The molecular formula is C20H25N8O6P. The van der Waals surface area contributed by atoms with E-state index in [9.17, 15) is 19.0 Å². The molecule has 1 aromatic carbocycles. The van der Waals surface area contributed by atoms with E-state index in [-0.39, 0.29) is 18.3 Å². The van der Waals surface area contributed by atoms with Gasteiger partial charge in [0.15, 0.2) is 23.1 Å². The molecule has 3 rings (SSSR count). The van der Waals surface area contributed by atoms with Gasteiger partial charge in [-0.1, -0.05) is 0 Å². The largest absolute Gasteiger partial charge is 0.479 e. The summed E-state index contributed by atoms with van der Waals surface area (Å²) in [4.78, 5) is 51.2. The number of aromatic nitrogens is 4.